The second kappa shape index (κ2) is 26.6. The molecule has 76 heavy (non-hydrogen) atoms. The van der Waals surface area contributed by atoms with Crippen molar-refractivity contribution in [1.82, 2.24) is 54.7 Å². The van der Waals surface area contributed by atoms with Gasteiger partial charge in [0.2, 0.25) is 70.9 Å². The zero-order valence-electron chi connectivity index (χ0n) is 46.6. The van der Waals surface area contributed by atoms with Crippen molar-refractivity contribution < 1.29 is 57.5 Å². The lowest BCUT2D eigenvalue weighted by atomic mass is 9.96. The van der Waals surface area contributed by atoms with Crippen molar-refractivity contribution >= 4 is 76.6 Å². The number of hydrogen-bond acceptors (Lipinski definition) is 12. The van der Waals surface area contributed by atoms with E-state index in [4.69, 9.17) is 0 Å². The molecule has 0 spiro atoms. The lowest BCUT2D eigenvalue weighted by molar-refractivity contribution is -0.158. The monoisotopic (exact) mass is 1060 g/mol. The maximum Gasteiger partial charge on any atom is 0.248 e. The van der Waals surface area contributed by atoms with E-state index in [1.54, 1.807) is 42.2 Å². The van der Waals surface area contributed by atoms with Gasteiger partial charge in [-0.3, -0.25) is 57.5 Å². The molecule has 1 aromatic carbocycles. The number of piperidine rings is 1. The molecule has 6 atom stereocenters. The third-order valence-corrected chi connectivity index (χ3v) is 15.3. The molecule has 24 nitrogen and oxygen atoms in total. The Balaban J connectivity index is 1.69. The number of likely N-dealkylation sites (tertiary alicyclic amines) is 1. The van der Waals surface area contributed by atoms with Crippen LogP contribution in [0.5, 0.6) is 0 Å². The van der Waals surface area contributed by atoms with Crippen molar-refractivity contribution in [3.05, 3.63) is 30.3 Å². The Morgan fingerprint density at radius 3 is 1.83 bits per heavy atom. The smallest absolute Gasteiger partial charge is 0.248 e. The molecule has 0 radical (unpaired) electrons. The lowest BCUT2D eigenvalue weighted by Crippen LogP contribution is -2.64. The summed E-state index contributed by atoms with van der Waals surface area (Å²) in [4.78, 5) is 179. The quantitative estimate of drug-likeness (QED) is 0.361. The normalized spacial score (nSPS) is 25.5. The van der Waals surface area contributed by atoms with Gasteiger partial charge < -0.3 is 59.6 Å². The largest absolute Gasteiger partial charge is 0.345 e. The highest BCUT2D eigenvalue weighted by Gasteiger charge is 2.45. The van der Waals surface area contributed by atoms with E-state index in [9.17, 15) is 57.5 Å². The standard InChI is InChI=1S/C52H80N12O12/c1-14-33(2)45-50(75)59(11)35(4)47(72)63-26-23-37(63)48(73)56(8)30-42(68)55(7)29-39(65)53-28-41(67)64(36-21-17-15-18-22-36)32-44(70)61(13)52(5,6)51(76)57(9)31-43(69)60(12)38(49(74)62-24-19-16-20-25-62)27-40(66)58(10)34(3)46(71)54-45/h15,17-18,21-22,33-35,37-38,45H,14,16,19-20,23-32H2,1-13H3,(H,53,65)(H,54,71)/t33-,34?,35?,37?,38?,45?/m0/s1. The van der Waals surface area contributed by atoms with Crippen LogP contribution in [0.4, 0.5) is 5.69 Å². The minimum atomic E-state index is -1.61. The van der Waals surface area contributed by atoms with E-state index in [-0.39, 0.29) is 13.0 Å². The molecule has 420 valence electrons. The SMILES string of the molecule is CC[C@H](C)C1NC(=O)C(C)N(C)C(=O)CC(C(=O)N2CCCCC2)N(C)C(=O)CN(C)C(=O)C(C)(C)N(C)C(=O)CN(c2ccccc2)C(=O)CNC(=O)CN(C)C(=O)CN(C)C(=O)C2CCN2C(=O)C(C)N(C)C1=O. The van der Waals surface area contributed by atoms with E-state index < -0.39 is 152 Å². The lowest BCUT2D eigenvalue weighted by Gasteiger charge is -2.44. The Morgan fingerprint density at radius 1 is 0.645 bits per heavy atom. The van der Waals surface area contributed by atoms with Gasteiger partial charge in [-0.05, 0) is 71.4 Å². The van der Waals surface area contributed by atoms with Gasteiger partial charge in [0.25, 0.3) is 0 Å². The Bertz CT molecular complexity index is 2360. The van der Waals surface area contributed by atoms with Gasteiger partial charge in [-0.2, -0.15) is 0 Å². The summed E-state index contributed by atoms with van der Waals surface area (Å²) in [5.74, 6) is -8.14. The molecule has 3 fully saturated rings. The summed E-state index contributed by atoms with van der Waals surface area (Å²) in [5.41, 5.74) is -1.31. The van der Waals surface area contributed by atoms with Crippen LogP contribution in [0.2, 0.25) is 0 Å². The molecular weight excluding hydrogens is 985 g/mol. The summed E-state index contributed by atoms with van der Waals surface area (Å²) in [6.07, 6.45) is 2.49. The number of rotatable bonds is 4. The average molecular weight is 1070 g/mol. The summed E-state index contributed by atoms with van der Waals surface area (Å²) < 4.78 is 0. The number of benzene rings is 1. The molecule has 12 amide bonds. The summed E-state index contributed by atoms with van der Waals surface area (Å²) >= 11 is 0. The van der Waals surface area contributed by atoms with Gasteiger partial charge in [-0.1, -0.05) is 38.5 Å². The first-order valence-corrected chi connectivity index (χ1v) is 25.9. The maximum absolute atomic E-state index is 14.3. The molecule has 1 aromatic rings. The van der Waals surface area contributed by atoms with Crippen molar-refractivity contribution in [2.24, 2.45) is 5.92 Å². The number of carbonyl (C=O) groups is 12. The van der Waals surface area contributed by atoms with Crippen LogP contribution in [0, 0.1) is 5.92 Å². The average Bonchev–Trinajstić information content (AvgIpc) is 3.39. The molecule has 24 heteroatoms. The Morgan fingerprint density at radius 2 is 1.25 bits per heavy atom. The van der Waals surface area contributed by atoms with Crippen molar-refractivity contribution in [2.75, 3.05) is 107 Å². The van der Waals surface area contributed by atoms with Gasteiger partial charge >= 0.3 is 0 Å². The van der Waals surface area contributed by atoms with Crippen LogP contribution in [0.1, 0.15) is 80.1 Å². The van der Waals surface area contributed by atoms with Gasteiger partial charge in [-0.25, -0.2) is 0 Å². The minimum Gasteiger partial charge on any atom is -0.345 e. The zero-order chi connectivity index (χ0) is 57.1. The molecular formula is C52H80N12O12. The van der Waals surface area contributed by atoms with Gasteiger partial charge in [0.1, 0.15) is 42.3 Å². The predicted molar refractivity (Wildman–Crippen MR) is 279 cm³/mol. The summed E-state index contributed by atoms with van der Waals surface area (Å²) in [6.45, 7) is 7.74. The first kappa shape index (κ1) is 61.4. The second-order valence-corrected chi connectivity index (χ2v) is 20.8. The van der Waals surface area contributed by atoms with E-state index in [0.29, 0.717) is 38.0 Å². The molecule has 0 saturated carbocycles. The molecule has 3 aliphatic rings. The fourth-order valence-corrected chi connectivity index (χ4v) is 9.04. The van der Waals surface area contributed by atoms with Crippen LogP contribution in [-0.2, 0) is 57.5 Å². The summed E-state index contributed by atoms with van der Waals surface area (Å²) in [6, 6.07) is 2.41. The van der Waals surface area contributed by atoms with Crippen LogP contribution < -0.4 is 15.5 Å². The van der Waals surface area contributed by atoms with Crippen LogP contribution >= 0.6 is 0 Å². The van der Waals surface area contributed by atoms with Crippen molar-refractivity contribution in [3.8, 4) is 0 Å². The summed E-state index contributed by atoms with van der Waals surface area (Å²) in [7, 11) is 9.57. The maximum atomic E-state index is 14.3. The fraction of sp³-hybridized carbons (Fsp3) is 0.654. The number of hydrogen-bond donors (Lipinski definition) is 2. The topological polar surface area (TPSA) is 261 Å². The number of fused-ring (bicyclic) bond motifs is 1. The molecule has 5 unspecified atom stereocenters. The highest BCUT2D eigenvalue weighted by atomic mass is 16.2. The first-order valence-electron chi connectivity index (χ1n) is 25.9. The predicted octanol–water partition coefficient (Wildman–Crippen LogP) is -1.18. The number of para-hydroxylation sites is 1. The highest BCUT2D eigenvalue weighted by Crippen LogP contribution is 2.24. The molecule has 3 heterocycles. The van der Waals surface area contributed by atoms with Crippen LogP contribution in [0.3, 0.4) is 0 Å². The van der Waals surface area contributed by atoms with Gasteiger partial charge in [0.05, 0.1) is 32.6 Å². The third-order valence-electron chi connectivity index (χ3n) is 15.3. The number of nitrogens with zero attached hydrogens (tertiary/aromatic N) is 10. The van der Waals surface area contributed by atoms with Gasteiger partial charge in [0.15, 0.2) is 0 Å². The minimum absolute atomic E-state index is 0.196. The van der Waals surface area contributed by atoms with E-state index in [0.717, 1.165) is 40.7 Å². The number of anilines is 1. The van der Waals surface area contributed by atoms with E-state index in [1.807, 2.05) is 6.92 Å². The Kier molecular flexibility index (Phi) is 21.5. The number of carbonyl (C=O) groups excluding carboxylic acids is 12. The second-order valence-electron chi connectivity index (χ2n) is 20.8. The molecule has 4 rings (SSSR count). The third kappa shape index (κ3) is 14.6. The van der Waals surface area contributed by atoms with E-state index in [2.05, 4.69) is 10.6 Å². The Hall–Kier alpha value is -7.14. The number of amides is 12. The number of likely N-dealkylation sites (N-methyl/N-ethyl adjacent to an activating group) is 7. The number of nitrogens with one attached hydrogen (secondary N) is 2. The first-order chi connectivity index (χ1) is 35.6. The zero-order valence-corrected chi connectivity index (χ0v) is 46.6. The van der Waals surface area contributed by atoms with Crippen molar-refractivity contribution in [2.45, 2.75) is 116 Å². The molecule has 0 bridgehead atoms. The van der Waals surface area contributed by atoms with Crippen LogP contribution in [0.15, 0.2) is 30.3 Å². The van der Waals surface area contributed by atoms with E-state index >= 15 is 0 Å². The molecule has 3 aliphatic heterocycles. The highest BCUT2D eigenvalue weighted by molar-refractivity contribution is 6.03. The van der Waals surface area contributed by atoms with Crippen molar-refractivity contribution in [3.63, 3.8) is 0 Å². The molecule has 0 aromatic heterocycles. The van der Waals surface area contributed by atoms with Gasteiger partial charge in [0, 0.05) is 74.7 Å². The van der Waals surface area contributed by atoms with Crippen LogP contribution in [-0.4, -0.2) is 252 Å². The molecule has 3 saturated heterocycles. The Labute approximate surface area is 446 Å². The summed E-state index contributed by atoms with van der Waals surface area (Å²) in [5, 5.41) is 5.26. The molecule has 2 N–H and O–H groups in total. The van der Waals surface area contributed by atoms with Crippen LogP contribution in [0.25, 0.3) is 0 Å². The molecule has 0 aliphatic carbocycles. The van der Waals surface area contributed by atoms with E-state index in [1.165, 1.54) is 86.8 Å². The van der Waals surface area contributed by atoms with Crippen molar-refractivity contribution in [1.29, 1.82) is 0 Å². The fourth-order valence-electron chi connectivity index (χ4n) is 9.04. The van der Waals surface area contributed by atoms with Gasteiger partial charge in [-0.15, -0.1) is 0 Å².